The Labute approximate surface area is 101 Å². The molecule has 94 valence electrons. The number of hydrogen-bond acceptors (Lipinski definition) is 2. The quantitative estimate of drug-likeness (QED) is 0.790. The molecule has 0 amide bonds. The van der Waals surface area contributed by atoms with Crippen molar-refractivity contribution < 1.29 is 14.2 Å². The minimum atomic E-state index is -0.223. The molecule has 0 aliphatic heterocycles. The first-order valence-corrected chi connectivity index (χ1v) is 6.21. The Morgan fingerprint density at radius 1 is 1.29 bits per heavy atom. The van der Waals surface area contributed by atoms with E-state index in [0.717, 1.165) is 24.5 Å². The Bertz CT molecular complexity index is 333. The lowest BCUT2D eigenvalue weighted by molar-refractivity contribution is 0.0669. The van der Waals surface area contributed by atoms with Crippen molar-refractivity contribution in [2.24, 2.45) is 11.8 Å². The van der Waals surface area contributed by atoms with E-state index in [2.05, 4.69) is 0 Å². The Hall–Kier alpha value is -0.930. The minimum absolute atomic E-state index is 0.110. The molecule has 1 unspecified atom stereocenters. The van der Waals surface area contributed by atoms with Gasteiger partial charge in [-0.05, 0) is 42.9 Å². The highest BCUT2D eigenvalue weighted by molar-refractivity contribution is 5.16. The molecular formula is C14H19FO2. The lowest BCUT2D eigenvalue weighted by Crippen LogP contribution is -2.17. The summed E-state index contributed by atoms with van der Waals surface area (Å²) in [5, 5.41) is 9.27. The molecule has 1 N–H and O–H groups in total. The number of benzene rings is 1. The Morgan fingerprint density at radius 2 is 2.00 bits per heavy atom. The number of halogens is 1. The van der Waals surface area contributed by atoms with Crippen LogP contribution in [0.2, 0.25) is 0 Å². The van der Waals surface area contributed by atoms with Crippen LogP contribution in [-0.2, 0) is 11.2 Å². The summed E-state index contributed by atoms with van der Waals surface area (Å²) in [6.07, 6.45) is 3.30. The van der Waals surface area contributed by atoms with E-state index in [1.165, 1.54) is 25.0 Å². The molecule has 1 atom stereocenters. The summed E-state index contributed by atoms with van der Waals surface area (Å²) in [6, 6.07) is 6.43. The largest absolute Gasteiger partial charge is 0.396 e. The number of aliphatic hydroxyl groups is 1. The van der Waals surface area contributed by atoms with Crippen LogP contribution in [0.1, 0.15) is 18.4 Å². The molecule has 2 nitrogen and oxygen atoms in total. The van der Waals surface area contributed by atoms with Gasteiger partial charge in [-0.2, -0.15) is 0 Å². The van der Waals surface area contributed by atoms with Gasteiger partial charge in [0.2, 0.25) is 0 Å². The minimum Gasteiger partial charge on any atom is -0.396 e. The van der Waals surface area contributed by atoms with Gasteiger partial charge in [0.05, 0.1) is 6.61 Å². The summed E-state index contributed by atoms with van der Waals surface area (Å²) in [4.78, 5) is 0. The molecule has 2 rings (SSSR count). The van der Waals surface area contributed by atoms with Crippen molar-refractivity contribution in [1.82, 2.24) is 0 Å². The molecule has 1 aromatic rings. The van der Waals surface area contributed by atoms with Gasteiger partial charge in [-0.15, -0.1) is 0 Å². The van der Waals surface area contributed by atoms with E-state index >= 15 is 0 Å². The van der Waals surface area contributed by atoms with Gasteiger partial charge in [0.1, 0.15) is 5.82 Å². The topological polar surface area (TPSA) is 29.5 Å². The smallest absolute Gasteiger partial charge is 0.123 e. The van der Waals surface area contributed by atoms with Gasteiger partial charge in [0.15, 0.2) is 0 Å². The van der Waals surface area contributed by atoms with E-state index in [0.29, 0.717) is 6.61 Å². The first-order chi connectivity index (χ1) is 8.28. The molecule has 0 radical (unpaired) electrons. The van der Waals surface area contributed by atoms with Crippen molar-refractivity contribution in [3.05, 3.63) is 35.6 Å². The van der Waals surface area contributed by atoms with Crippen LogP contribution in [0.3, 0.4) is 0 Å². The second-order valence-electron chi connectivity index (χ2n) is 4.86. The van der Waals surface area contributed by atoms with Crippen LogP contribution in [0.15, 0.2) is 24.3 Å². The Kier molecular flexibility index (Phi) is 4.51. The average molecular weight is 238 g/mol. The van der Waals surface area contributed by atoms with E-state index in [9.17, 15) is 9.50 Å². The van der Waals surface area contributed by atoms with Gasteiger partial charge in [-0.1, -0.05) is 12.1 Å². The van der Waals surface area contributed by atoms with Gasteiger partial charge < -0.3 is 9.84 Å². The lowest BCUT2D eigenvalue weighted by Gasteiger charge is -2.14. The number of hydrogen-bond donors (Lipinski definition) is 1. The van der Waals surface area contributed by atoms with Gasteiger partial charge in [0, 0.05) is 19.1 Å². The molecule has 1 fully saturated rings. The zero-order valence-corrected chi connectivity index (χ0v) is 9.94. The molecular weight excluding hydrogens is 219 g/mol. The van der Waals surface area contributed by atoms with Crippen molar-refractivity contribution in [2.75, 3.05) is 19.8 Å². The van der Waals surface area contributed by atoms with E-state index in [-0.39, 0.29) is 18.3 Å². The third kappa shape index (κ3) is 4.44. The van der Waals surface area contributed by atoms with Crippen molar-refractivity contribution in [3.63, 3.8) is 0 Å². The lowest BCUT2D eigenvalue weighted by atomic mass is 10.0. The number of rotatable bonds is 7. The molecule has 0 spiro atoms. The van der Waals surface area contributed by atoms with Crippen molar-refractivity contribution in [1.29, 1.82) is 0 Å². The van der Waals surface area contributed by atoms with Crippen molar-refractivity contribution >= 4 is 0 Å². The first kappa shape index (κ1) is 12.5. The fourth-order valence-corrected chi connectivity index (χ4v) is 1.82. The molecule has 0 aromatic heterocycles. The summed E-state index contributed by atoms with van der Waals surface area (Å²) >= 11 is 0. The third-order valence-corrected chi connectivity index (χ3v) is 3.10. The first-order valence-electron chi connectivity index (χ1n) is 6.21. The monoisotopic (exact) mass is 238 g/mol. The average Bonchev–Trinajstić information content (AvgIpc) is 3.14. The second-order valence-corrected chi connectivity index (χ2v) is 4.86. The summed E-state index contributed by atoms with van der Waals surface area (Å²) in [6.45, 7) is 1.52. The number of ether oxygens (including phenoxy) is 1. The zero-order valence-electron chi connectivity index (χ0n) is 9.94. The molecule has 1 aliphatic rings. The maximum atomic E-state index is 12.7. The molecule has 0 saturated heterocycles. The van der Waals surface area contributed by atoms with Crippen LogP contribution in [0.4, 0.5) is 4.39 Å². The van der Waals surface area contributed by atoms with Crippen LogP contribution in [0, 0.1) is 17.7 Å². The fourth-order valence-electron chi connectivity index (χ4n) is 1.82. The Morgan fingerprint density at radius 3 is 2.59 bits per heavy atom. The van der Waals surface area contributed by atoms with Crippen LogP contribution in [-0.4, -0.2) is 24.9 Å². The van der Waals surface area contributed by atoms with Gasteiger partial charge >= 0.3 is 0 Å². The fraction of sp³-hybridized carbons (Fsp3) is 0.571. The van der Waals surface area contributed by atoms with Crippen LogP contribution < -0.4 is 0 Å². The standard InChI is InChI=1S/C14H19FO2/c15-14-5-3-11(4-6-14)7-13(8-16)10-17-9-12-1-2-12/h3-6,12-13,16H,1-2,7-10H2. The van der Waals surface area contributed by atoms with Gasteiger partial charge in [-0.3, -0.25) is 0 Å². The molecule has 1 aliphatic carbocycles. The van der Waals surface area contributed by atoms with Crippen molar-refractivity contribution in [3.8, 4) is 0 Å². The van der Waals surface area contributed by atoms with E-state index in [4.69, 9.17) is 4.74 Å². The molecule has 0 heterocycles. The van der Waals surface area contributed by atoms with Crippen LogP contribution in [0.5, 0.6) is 0 Å². The molecule has 1 aromatic carbocycles. The maximum Gasteiger partial charge on any atom is 0.123 e. The third-order valence-electron chi connectivity index (χ3n) is 3.10. The highest BCUT2D eigenvalue weighted by atomic mass is 19.1. The summed E-state index contributed by atoms with van der Waals surface area (Å²) in [7, 11) is 0. The summed E-state index contributed by atoms with van der Waals surface area (Å²) < 4.78 is 18.3. The zero-order chi connectivity index (χ0) is 12.1. The predicted octanol–water partition coefficient (Wildman–Crippen LogP) is 2.40. The van der Waals surface area contributed by atoms with Crippen molar-refractivity contribution in [2.45, 2.75) is 19.3 Å². The highest BCUT2D eigenvalue weighted by Crippen LogP contribution is 2.29. The predicted molar refractivity (Wildman–Crippen MR) is 64.2 cm³/mol. The second kappa shape index (κ2) is 6.12. The number of aliphatic hydroxyl groups excluding tert-OH is 1. The SMILES string of the molecule is OCC(COCC1CC1)Cc1ccc(F)cc1. The normalized spacial score (nSPS) is 17.1. The summed E-state index contributed by atoms with van der Waals surface area (Å²) in [5.41, 5.74) is 1.04. The Balaban J connectivity index is 1.74. The van der Waals surface area contributed by atoms with Crippen LogP contribution >= 0.6 is 0 Å². The van der Waals surface area contributed by atoms with Gasteiger partial charge in [-0.25, -0.2) is 4.39 Å². The molecule has 3 heteroatoms. The molecule has 1 saturated carbocycles. The molecule has 17 heavy (non-hydrogen) atoms. The van der Waals surface area contributed by atoms with E-state index in [1.807, 2.05) is 0 Å². The highest BCUT2D eigenvalue weighted by Gasteiger charge is 2.21. The van der Waals surface area contributed by atoms with E-state index in [1.54, 1.807) is 12.1 Å². The van der Waals surface area contributed by atoms with Crippen LogP contribution in [0.25, 0.3) is 0 Å². The molecule has 0 bridgehead atoms. The van der Waals surface area contributed by atoms with Gasteiger partial charge in [0.25, 0.3) is 0 Å². The maximum absolute atomic E-state index is 12.7. The van der Waals surface area contributed by atoms with E-state index < -0.39 is 0 Å². The summed E-state index contributed by atoms with van der Waals surface area (Å²) in [5.74, 6) is 0.638.